The maximum absolute atomic E-state index is 12.5. The molecule has 3 heterocycles. The zero-order valence-electron chi connectivity index (χ0n) is 14.3. The van der Waals surface area contributed by atoms with Crippen LogP contribution in [0, 0.1) is 5.92 Å². The Morgan fingerprint density at radius 3 is 3.04 bits per heavy atom. The molecule has 0 radical (unpaired) electrons. The molecule has 1 amide bonds. The van der Waals surface area contributed by atoms with Crippen LogP contribution in [0.1, 0.15) is 43.1 Å². The SMILES string of the molecule is O=C(CSCC1CC1)N1CCC[C@H](c2nccn2Cc2cscn2)C1. The first-order valence-corrected chi connectivity index (χ1v) is 11.1. The van der Waals surface area contributed by atoms with Crippen LogP contribution in [-0.4, -0.2) is 49.9 Å². The fourth-order valence-corrected chi connectivity index (χ4v) is 5.10. The quantitative estimate of drug-likeness (QED) is 0.744. The number of imidazole rings is 1. The van der Waals surface area contributed by atoms with Crippen molar-refractivity contribution in [1.82, 2.24) is 19.4 Å². The summed E-state index contributed by atoms with van der Waals surface area (Å²) in [4.78, 5) is 23.6. The zero-order valence-corrected chi connectivity index (χ0v) is 16.0. The topological polar surface area (TPSA) is 51.0 Å². The molecule has 0 spiro atoms. The number of aromatic nitrogens is 3. The Hall–Kier alpha value is -1.34. The summed E-state index contributed by atoms with van der Waals surface area (Å²) in [6.45, 7) is 2.46. The summed E-state index contributed by atoms with van der Waals surface area (Å²) < 4.78 is 2.19. The van der Waals surface area contributed by atoms with Gasteiger partial charge >= 0.3 is 0 Å². The van der Waals surface area contributed by atoms with Crippen molar-refractivity contribution in [2.24, 2.45) is 5.92 Å². The number of likely N-dealkylation sites (tertiary alicyclic amines) is 1. The van der Waals surface area contributed by atoms with Crippen molar-refractivity contribution in [2.45, 2.75) is 38.1 Å². The lowest BCUT2D eigenvalue weighted by Crippen LogP contribution is -2.40. The van der Waals surface area contributed by atoms with E-state index in [1.165, 1.54) is 12.8 Å². The minimum Gasteiger partial charge on any atom is -0.341 e. The van der Waals surface area contributed by atoms with Gasteiger partial charge in [0, 0.05) is 36.8 Å². The second-order valence-corrected chi connectivity index (χ2v) is 8.78. The van der Waals surface area contributed by atoms with E-state index in [2.05, 4.69) is 24.8 Å². The van der Waals surface area contributed by atoms with Crippen molar-refractivity contribution in [3.63, 3.8) is 0 Å². The maximum Gasteiger partial charge on any atom is 0.232 e. The second kappa shape index (κ2) is 7.91. The Morgan fingerprint density at radius 1 is 1.32 bits per heavy atom. The highest BCUT2D eigenvalue weighted by atomic mass is 32.2. The molecule has 7 heteroatoms. The average Bonchev–Trinajstić information content (AvgIpc) is 3.11. The van der Waals surface area contributed by atoms with E-state index in [0.717, 1.165) is 55.7 Å². The molecule has 1 saturated heterocycles. The van der Waals surface area contributed by atoms with Gasteiger partial charge < -0.3 is 9.47 Å². The number of carbonyl (C=O) groups is 1. The Morgan fingerprint density at radius 2 is 2.24 bits per heavy atom. The highest BCUT2D eigenvalue weighted by molar-refractivity contribution is 7.99. The fraction of sp³-hybridized carbons (Fsp3) is 0.611. The monoisotopic (exact) mass is 376 g/mol. The molecule has 1 aliphatic carbocycles. The predicted octanol–water partition coefficient (Wildman–Crippen LogP) is 3.24. The van der Waals surface area contributed by atoms with E-state index in [9.17, 15) is 4.79 Å². The molecule has 1 saturated carbocycles. The normalized spacial score (nSPS) is 20.8. The predicted molar refractivity (Wildman–Crippen MR) is 102 cm³/mol. The van der Waals surface area contributed by atoms with Crippen LogP contribution < -0.4 is 0 Å². The van der Waals surface area contributed by atoms with Gasteiger partial charge in [-0.2, -0.15) is 11.8 Å². The van der Waals surface area contributed by atoms with Crippen LogP contribution >= 0.6 is 23.1 Å². The van der Waals surface area contributed by atoms with Gasteiger partial charge in [0.05, 0.1) is 23.5 Å². The van der Waals surface area contributed by atoms with Crippen molar-refractivity contribution in [2.75, 3.05) is 24.6 Å². The van der Waals surface area contributed by atoms with Crippen molar-refractivity contribution in [3.05, 3.63) is 34.8 Å². The number of nitrogens with zero attached hydrogens (tertiary/aromatic N) is 4. The number of carbonyl (C=O) groups excluding carboxylic acids is 1. The Kier molecular flexibility index (Phi) is 5.41. The molecule has 5 nitrogen and oxygen atoms in total. The lowest BCUT2D eigenvalue weighted by atomic mass is 9.97. The fourth-order valence-electron chi connectivity index (χ4n) is 3.41. The van der Waals surface area contributed by atoms with E-state index in [-0.39, 0.29) is 0 Å². The van der Waals surface area contributed by atoms with Crippen molar-refractivity contribution < 1.29 is 4.79 Å². The van der Waals surface area contributed by atoms with Gasteiger partial charge in [0.15, 0.2) is 0 Å². The van der Waals surface area contributed by atoms with E-state index in [1.807, 2.05) is 29.7 Å². The summed E-state index contributed by atoms with van der Waals surface area (Å²) in [5.74, 6) is 4.39. The number of rotatable bonds is 7. The molecule has 0 unspecified atom stereocenters. The van der Waals surface area contributed by atoms with Crippen LogP contribution in [0.25, 0.3) is 0 Å². The Bertz CT molecular complexity index is 696. The zero-order chi connectivity index (χ0) is 17.1. The summed E-state index contributed by atoms with van der Waals surface area (Å²) in [5, 5.41) is 2.08. The molecule has 2 aromatic rings. The molecule has 0 N–H and O–H groups in total. The van der Waals surface area contributed by atoms with Crippen LogP contribution in [0.2, 0.25) is 0 Å². The highest BCUT2D eigenvalue weighted by Crippen LogP contribution is 2.32. The smallest absolute Gasteiger partial charge is 0.232 e. The number of piperidine rings is 1. The van der Waals surface area contributed by atoms with E-state index in [4.69, 9.17) is 0 Å². The first-order valence-electron chi connectivity index (χ1n) is 9.03. The van der Waals surface area contributed by atoms with Gasteiger partial charge in [-0.25, -0.2) is 9.97 Å². The molecule has 4 rings (SSSR count). The van der Waals surface area contributed by atoms with Crippen LogP contribution in [0.5, 0.6) is 0 Å². The molecule has 25 heavy (non-hydrogen) atoms. The third kappa shape index (κ3) is 4.44. The van der Waals surface area contributed by atoms with E-state index in [0.29, 0.717) is 17.6 Å². The van der Waals surface area contributed by atoms with E-state index < -0.39 is 0 Å². The van der Waals surface area contributed by atoms with Crippen LogP contribution in [0.15, 0.2) is 23.3 Å². The second-order valence-electron chi connectivity index (χ2n) is 7.03. The highest BCUT2D eigenvalue weighted by Gasteiger charge is 2.28. The standard InChI is InChI=1S/C18H24N4OS2/c23-17(12-24-10-14-3-4-14)21-6-1-2-15(8-21)18-19-5-7-22(18)9-16-11-25-13-20-16/h5,7,11,13-15H,1-4,6,8-10,12H2/t15-/m0/s1. The third-order valence-electron chi connectivity index (χ3n) is 4.98. The van der Waals surface area contributed by atoms with Gasteiger partial charge in [-0.1, -0.05) is 0 Å². The average molecular weight is 377 g/mol. The van der Waals surface area contributed by atoms with Crippen molar-refractivity contribution >= 4 is 29.0 Å². The first-order chi connectivity index (χ1) is 12.3. The number of hydrogen-bond donors (Lipinski definition) is 0. The van der Waals surface area contributed by atoms with Crippen LogP contribution in [0.3, 0.4) is 0 Å². The summed E-state index contributed by atoms with van der Waals surface area (Å²) in [6.07, 6.45) is 8.78. The molecule has 1 aliphatic heterocycles. The third-order valence-corrected chi connectivity index (χ3v) is 6.77. The van der Waals surface area contributed by atoms with Crippen molar-refractivity contribution in [3.8, 4) is 0 Å². The Labute approximate surface area is 156 Å². The number of thioether (sulfide) groups is 1. The van der Waals surface area contributed by atoms with Gasteiger partial charge in [0.1, 0.15) is 5.82 Å². The van der Waals surface area contributed by atoms with Crippen molar-refractivity contribution in [1.29, 1.82) is 0 Å². The van der Waals surface area contributed by atoms with E-state index >= 15 is 0 Å². The molecular weight excluding hydrogens is 352 g/mol. The largest absolute Gasteiger partial charge is 0.341 e. The lowest BCUT2D eigenvalue weighted by Gasteiger charge is -2.32. The Balaban J connectivity index is 1.36. The lowest BCUT2D eigenvalue weighted by molar-refractivity contribution is -0.129. The van der Waals surface area contributed by atoms with E-state index in [1.54, 1.807) is 11.3 Å². The number of thiazole rings is 1. The first kappa shape index (κ1) is 17.1. The van der Waals surface area contributed by atoms with Gasteiger partial charge in [0.2, 0.25) is 5.91 Å². The molecule has 0 bridgehead atoms. The molecule has 134 valence electrons. The number of amides is 1. The number of hydrogen-bond acceptors (Lipinski definition) is 5. The molecule has 2 aliphatic rings. The molecule has 0 aromatic carbocycles. The summed E-state index contributed by atoms with van der Waals surface area (Å²) in [5.41, 5.74) is 2.94. The van der Waals surface area contributed by atoms with Gasteiger partial charge in [-0.05, 0) is 37.4 Å². The van der Waals surface area contributed by atoms with Crippen LogP contribution in [-0.2, 0) is 11.3 Å². The minimum absolute atomic E-state index is 0.299. The molecule has 1 atom stereocenters. The van der Waals surface area contributed by atoms with Gasteiger partial charge in [0.25, 0.3) is 0 Å². The molecular formula is C18H24N4OS2. The summed E-state index contributed by atoms with van der Waals surface area (Å²) in [6, 6.07) is 0. The minimum atomic E-state index is 0.299. The summed E-state index contributed by atoms with van der Waals surface area (Å²) >= 11 is 3.43. The summed E-state index contributed by atoms with van der Waals surface area (Å²) in [7, 11) is 0. The van der Waals surface area contributed by atoms with Crippen LogP contribution in [0.4, 0.5) is 0 Å². The maximum atomic E-state index is 12.5. The molecule has 2 aromatic heterocycles. The molecule has 2 fully saturated rings. The van der Waals surface area contributed by atoms with Gasteiger partial charge in [-0.15, -0.1) is 11.3 Å². The van der Waals surface area contributed by atoms with Gasteiger partial charge in [-0.3, -0.25) is 4.79 Å².